The Labute approximate surface area is 70.2 Å². The summed E-state index contributed by atoms with van der Waals surface area (Å²) < 4.78 is 52.2. The molecule has 0 aliphatic heterocycles. The van der Waals surface area contributed by atoms with Crippen molar-refractivity contribution in [2.75, 3.05) is 6.61 Å². The number of hydrogen-bond donors (Lipinski definition) is 1. The summed E-state index contributed by atoms with van der Waals surface area (Å²) in [7, 11) is -4.70. The first kappa shape index (κ1) is 13.0. The first-order chi connectivity index (χ1) is 3.92. The van der Waals surface area contributed by atoms with Crippen LogP contribution in [0.15, 0.2) is 0 Å². The van der Waals surface area contributed by atoms with Crippen LogP contribution in [0.1, 0.15) is 1.43 Å². The van der Waals surface area contributed by atoms with E-state index in [0.29, 0.717) is 0 Å². The Morgan fingerprint density at radius 3 is 2.10 bits per heavy atom. The fourth-order valence-electron chi connectivity index (χ4n) is 0.137. The molecular weight excluding hydrogens is 165 g/mol. The van der Waals surface area contributed by atoms with Crippen molar-refractivity contribution < 1.29 is 46.2 Å². The van der Waals surface area contributed by atoms with E-state index in [9.17, 15) is 17.2 Å². The van der Waals surface area contributed by atoms with E-state index in [4.69, 9.17) is 4.55 Å². The van der Waals surface area contributed by atoms with Gasteiger partial charge in [0.05, 0.1) is 0 Å². The third-order valence-electron chi connectivity index (χ3n) is 0.343. The van der Waals surface area contributed by atoms with Crippen molar-refractivity contribution in [3.05, 3.63) is 0 Å². The van der Waals surface area contributed by atoms with Gasteiger partial charge in [-0.15, -0.1) is 0 Å². The monoisotopic (exact) mass is 170 g/mol. The third kappa shape index (κ3) is 11.2. The quantitative estimate of drug-likeness (QED) is 0.366. The Morgan fingerprint density at radius 2 is 2.00 bits per heavy atom. The van der Waals surface area contributed by atoms with E-state index in [-0.39, 0.29) is 20.3 Å². The van der Waals surface area contributed by atoms with Crippen molar-refractivity contribution in [1.29, 1.82) is 0 Å². The van der Waals surface area contributed by atoms with Crippen LogP contribution in [0.3, 0.4) is 0 Å². The Balaban J connectivity index is -0.000000320. The number of alkyl halides is 2. The van der Waals surface area contributed by atoms with Gasteiger partial charge in [0, 0.05) is 0 Å². The summed E-state index contributed by atoms with van der Waals surface area (Å²) in [6.45, 7) is -1.31. The molecule has 0 fully saturated rings. The van der Waals surface area contributed by atoms with Crippen LogP contribution in [0.5, 0.6) is 0 Å². The van der Waals surface area contributed by atoms with Crippen LogP contribution in [0, 0.1) is 0 Å². The van der Waals surface area contributed by atoms with E-state index in [1.807, 2.05) is 0 Å². The van der Waals surface area contributed by atoms with Gasteiger partial charge < -0.3 is 1.43 Å². The first-order valence-electron chi connectivity index (χ1n) is 1.82. The molecule has 0 amide bonds. The molecule has 0 saturated heterocycles. The number of halogens is 2. The SMILES string of the molecule is O=S(=O)(O)OCC(F)F.[H-].[Li+]. The van der Waals surface area contributed by atoms with E-state index in [0.717, 1.165) is 0 Å². The molecule has 0 spiro atoms. The predicted molar refractivity (Wildman–Crippen MR) is 24.6 cm³/mol. The molecule has 58 valence electrons. The maximum absolute atomic E-state index is 11.1. The van der Waals surface area contributed by atoms with Gasteiger partial charge in [-0.25, -0.2) is 13.0 Å². The Hall–Kier alpha value is 0.327. The summed E-state index contributed by atoms with van der Waals surface area (Å²) in [5.41, 5.74) is 0. The largest absolute Gasteiger partial charge is 1.00 e. The molecule has 0 rings (SSSR count). The van der Waals surface area contributed by atoms with Gasteiger partial charge in [-0.3, -0.25) is 4.55 Å². The van der Waals surface area contributed by atoms with Crippen molar-refractivity contribution in [2.24, 2.45) is 0 Å². The number of hydrogen-bond acceptors (Lipinski definition) is 3. The van der Waals surface area contributed by atoms with Crippen molar-refractivity contribution in [3.63, 3.8) is 0 Å². The molecule has 0 heterocycles. The van der Waals surface area contributed by atoms with Gasteiger partial charge in [-0.2, -0.15) is 8.42 Å². The molecule has 0 bridgehead atoms. The van der Waals surface area contributed by atoms with Crippen LogP contribution < -0.4 is 18.9 Å². The van der Waals surface area contributed by atoms with Gasteiger partial charge in [-0.05, 0) is 0 Å². The van der Waals surface area contributed by atoms with Crippen molar-refractivity contribution >= 4 is 10.4 Å². The third-order valence-corrected chi connectivity index (χ3v) is 0.777. The average Bonchev–Trinajstić information content (AvgIpc) is 1.59. The molecule has 0 unspecified atom stereocenters. The van der Waals surface area contributed by atoms with Crippen LogP contribution in [0.4, 0.5) is 8.78 Å². The fraction of sp³-hybridized carbons (Fsp3) is 1.00. The molecule has 4 nitrogen and oxygen atoms in total. The topological polar surface area (TPSA) is 63.6 Å². The van der Waals surface area contributed by atoms with Crippen molar-refractivity contribution in [2.45, 2.75) is 6.43 Å². The Morgan fingerprint density at radius 1 is 1.60 bits per heavy atom. The van der Waals surface area contributed by atoms with Crippen molar-refractivity contribution in [1.82, 2.24) is 0 Å². The Kier molecular flexibility index (Phi) is 6.53. The molecule has 10 heavy (non-hydrogen) atoms. The fourth-order valence-corrected chi connectivity index (χ4v) is 0.412. The standard InChI is InChI=1S/C2H4F2O4S.Li.H/c3-2(4)1-8-9(5,6)7;;/h2H,1H2,(H,5,6,7);;/q;+1;-1. The summed E-state index contributed by atoms with van der Waals surface area (Å²) >= 11 is 0. The van der Waals surface area contributed by atoms with Crippen LogP contribution in [-0.4, -0.2) is 26.0 Å². The zero-order valence-corrected chi connectivity index (χ0v) is 5.94. The van der Waals surface area contributed by atoms with Gasteiger partial charge in [0.15, 0.2) is 0 Å². The number of rotatable bonds is 3. The van der Waals surface area contributed by atoms with E-state index in [2.05, 4.69) is 4.18 Å². The average molecular weight is 170 g/mol. The summed E-state index contributed by atoms with van der Waals surface area (Å²) in [5, 5.41) is 0. The second kappa shape index (κ2) is 5.04. The van der Waals surface area contributed by atoms with Gasteiger partial charge in [0.1, 0.15) is 6.61 Å². The van der Waals surface area contributed by atoms with E-state index < -0.39 is 23.4 Å². The van der Waals surface area contributed by atoms with E-state index in [1.165, 1.54) is 0 Å². The molecule has 0 saturated carbocycles. The smallest absolute Gasteiger partial charge is 1.00 e. The van der Waals surface area contributed by atoms with Gasteiger partial charge in [0.2, 0.25) is 0 Å². The zero-order valence-electron chi connectivity index (χ0n) is 6.12. The minimum atomic E-state index is -4.70. The molecule has 0 aliphatic carbocycles. The maximum atomic E-state index is 11.1. The second-order valence-corrected chi connectivity index (χ2v) is 2.19. The summed E-state index contributed by atoms with van der Waals surface area (Å²) in [5.74, 6) is 0. The zero-order chi connectivity index (χ0) is 7.49. The van der Waals surface area contributed by atoms with Crippen LogP contribution in [-0.2, 0) is 14.6 Å². The first-order valence-corrected chi connectivity index (χ1v) is 3.18. The minimum Gasteiger partial charge on any atom is -1.00 e. The molecule has 1 N–H and O–H groups in total. The van der Waals surface area contributed by atoms with Crippen LogP contribution in [0.2, 0.25) is 0 Å². The normalized spacial score (nSPS) is 11.2. The maximum Gasteiger partial charge on any atom is 1.00 e. The summed E-state index contributed by atoms with van der Waals surface area (Å²) in [4.78, 5) is 0. The molecule has 0 aliphatic rings. The van der Waals surface area contributed by atoms with E-state index >= 15 is 0 Å². The molecule has 8 heteroatoms. The minimum absolute atomic E-state index is 0. The predicted octanol–water partition coefficient (Wildman–Crippen LogP) is -2.81. The molecule has 0 aromatic carbocycles. The molecular formula is C2H5F2LiO4S. The van der Waals surface area contributed by atoms with Crippen LogP contribution in [0.25, 0.3) is 0 Å². The summed E-state index contributed by atoms with van der Waals surface area (Å²) in [6, 6.07) is 0. The van der Waals surface area contributed by atoms with E-state index in [1.54, 1.807) is 0 Å². The van der Waals surface area contributed by atoms with Crippen molar-refractivity contribution in [3.8, 4) is 0 Å². The van der Waals surface area contributed by atoms with Gasteiger partial charge >= 0.3 is 29.3 Å². The second-order valence-electron chi connectivity index (χ2n) is 1.10. The molecule has 0 radical (unpaired) electrons. The summed E-state index contributed by atoms with van der Waals surface area (Å²) in [6.07, 6.45) is -2.90. The van der Waals surface area contributed by atoms with Crippen LogP contribution >= 0.6 is 0 Å². The van der Waals surface area contributed by atoms with Gasteiger partial charge in [0.25, 0.3) is 6.43 Å². The molecule has 0 atom stereocenters. The molecule has 0 aromatic rings. The Bertz CT molecular complexity index is 171. The van der Waals surface area contributed by atoms with Gasteiger partial charge in [-0.1, -0.05) is 0 Å². The molecule has 0 aromatic heterocycles.